The standard InChI is InChI=1S/C20H20N4O2S/c1-13-6-8-15(9-7-13)12-26-17-5-3-4-16(10-17)11-22-24-19(25)18-14(2)23-20(21)27-18/h3-11H,12H2,1-2H3,(H2,21,23)(H,24,25)/b22-11+. The summed E-state index contributed by atoms with van der Waals surface area (Å²) in [5.74, 6) is 0.404. The first kappa shape index (κ1) is 18.6. The summed E-state index contributed by atoms with van der Waals surface area (Å²) < 4.78 is 5.82. The van der Waals surface area contributed by atoms with Crippen molar-refractivity contribution >= 4 is 28.6 Å². The number of hydrogen-bond donors (Lipinski definition) is 2. The maximum absolute atomic E-state index is 12.1. The molecule has 1 heterocycles. The van der Waals surface area contributed by atoms with E-state index < -0.39 is 0 Å². The number of nitrogens with zero attached hydrogens (tertiary/aromatic N) is 2. The van der Waals surface area contributed by atoms with E-state index in [4.69, 9.17) is 10.5 Å². The van der Waals surface area contributed by atoms with E-state index in [2.05, 4.69) is 34.6 Å². The van der Waals surface area contributed by atoms with Crippen LogP contribution >= 0.6 is 11.3 Å². The summed E-state index contributed by atoms with van der Waals surface area (Å²) in [7, 11) is 0. The highest BCUT2D eigenvalue weighted by Gasteiger charge is 2.13. The minimum absolute atomic E-state index is 0.329. The molecule has 0 atom stereocenters. The minimum Gasteiger partial charge on any atom is -0.489 e. The third-order valence-corrected chi connectivity index (χ3v) is 4.77. The molecule has 0 saturated carbocycles. The van der Waals surface area contributed by atoms with Crippen LogP contribution < -0.4 is 15.9 Å². The lowest BCUT2D eigenvalue weighted by Crippen LogP contribution is -2.17. The number of thiazole rings is 1. The van der Waals surface area contributed by atoms with E-state index in [0.717, 1.165) is 28.2 Å². The van der Waals surface area contributed by atoms with Gasteiger partial charge in [0.2, 0.25) is 0 Å². The van der Waals surface area contributed by atoms with Gasteiger partial charge in [0.1, 0.15) is 17.2 Å². The van der Waals surface area contributed by atoms with Gasteiger partial charge in [-0.3, -0.25) is 4.79 Å². The van der Waals surface area contributed by atoms with E-state index in [1.165, 1.54) is 5.56 Å². The van der Waals surface area contributed by atoms with Gasteiger partial charge >= 0.3 is 0 Å². The Morgan fingerprint density at radius 1 is 1.26 bits per heavy atom. The van der Waals surface area contributed by atoms with Crippen molar-refractivity contribution in [3.8, 4) is 5.75 Å². The van der Waals surface area contributed by atoms with E-state index >= 15 is 0 Å². The number of aryl methyl sites for hydroxylation is 2. The van der Waals surface area contributed by atoms with E-state index in [0.29, 0.717) is 22.3 Å². The Bertz CT molecular complexity index is 964. The number of carbonyl (C=O) groups is 1. The highest BCUT2D eigenvalue weighted by molar-refractivity contribution is 7.17. The monoisotopic (exact) mass is 380 g/mol. The van der Waals surface area contributed by atoms with Crippen LogP contribution in [0.1, 0.15) is 32.1 Å². The van der Waals surface area contributed by atoms with Crippen LogP contribution in [0.4, 0.5) is 5.13 Å². The van der Waals surface area contributed by atoms with Crippen molar-refractivity contribution in [1.82, 2.24) is 10.4 Å². The Morgan fingerprint density at radius 3 is 2.74 bits per heavy atom. The van der Waals surface area contributed by atoms with Gasteiger partial charge in [-0.15, -0.1) is 0 Å². The third kappa shape index (κ3) is 5.15. The molecule has 0 radical (unpaired) electrons. The van der Waals surface area contributed by atoms with Gasteiger partial charge < -0.3 is 10.5 Å². The van der Waals surface area contributed by atoms with Gasteiger partial charge in [0.05, 0.1) is 11.9 Å². The number of nitrogens with one attached hydrogen (secondary N) is 1. The van der Waals surface area contributed by atoms with Crippen LogP contribution in [0.15, 0.2) is 53.6 Å². The SMILES string of the molecule is Cc1ccc(COc2cccc(/C=N/NC(=O)c3sc(N)nc3C)c2)cc1. The number of nitrogen functional groups attached to an aromatic ring is 1. The fraction of sp³-hybridized carbons (Fsp3) is 0.150. The van der Waals surface area contributed by atoms with Gasteiger partial charge in [-0.2, -0.15) is 5.10 Å². The number of amides is 1. The number of benzene rings is 2. The maximum atomic E-state index is 12.1. The Hall–Kier alpha value is -3.19. The van der Waals surface area contributed by atoms with E-state index in [9.17, 15) is 4.79 Å². The van der Waals surface area contributed by atoms with E-state index in [-0.39, 0.29) is 5.91 Å². The lowest BCUT2D eigenvalue weighted by atomic mass is 10.2. The van der Waals surface area contributed by atoms with Crippen molar-refractivity contribution in [3.05, 3.63) is 75.8 Å². The maximum Gasteiger partial charge on any atom is 0.283 e. The molecule has 0 bridgehead atoms. The van der Waals surface area contributed by atoms with Crippen molar-refractivity contribution in [2.75, 3.05) is 5.73 Å². The molecule has 0 fully saturated rings. The molecule has 3 N–H and O–H groups in total. The van der Waals surface area contributed by atoms with Crippen LogP contribution in [0, 0.1) is 13.8 Å². The number of carbonyl (C=O) groups excluding carboxylic acids is 1. The molecule has 6 nitrogen and oxygen atoms in total. The highest BCUT2D eigenvalue weighted by Crippen LogP contribution is 2.19. The average molecular weight is 380 g/mol. The summed E-state index contributed by atoms with van der Waals surface area (Å²) in [5.41, 5.74) is 11.8. The summed E-state index contributed by atoms with van der Waals surface area (Å²) in [5, 5.41) is 4.36. The Balaban J connectivity index is 1.58. The predicted molar refractivity (Wildman–Crippen MR) is 108 cm³/mol. The van der Waals surface area contributed by atoms with Crippen LogP contribution in [-0.2, 0) is 6.61 Å². The molecular formula is C20H20N4O2S. The van der Waals surface area contributed by atoms with Crippen molar-refractivity contribution in [2.45, 2.75) is 20.5 Å². The van der Waals surface area contributed by atoms with Crippen molar-refractivity contribution < 1.29 is 9.53 Å². The molecule has 27 heavy (non-hydrogen) atoms. The Labute approximate surface area is 161 Å². The molecule has 1 aromatic heterocycles. The second-order valence-corrected chi connectivity index (χ2v) is 7.04. The van der Waals surface area contributed by atoms with Crippen LogP contribution in [0.3, 0.4) is 0 Å². The zero-order valence-corrected chi connectivity index (χ0v) is 15.9. The van der Waals surface area contributed by atoms with Crippen LogP contribution in [-0.4, -0.2) is 17.1 Å². The molecule has 0 saturated heterocycles. The second-order valence-electron chi connectivity index (χ2n) is 6.01. The third-order valence-electron chi connectivity index (χ3n) is 3.78. The Morgan fingerprint density at radius 2 is 2.04 bits per heavy atom. The average Bonchev–Trinajstić information content (AvgIpc) is 3.00. The number of hydrogen-bond acceptors (Lipinski definition) is 6. The molecule has 3 aromatic rings. The molecule has 138 valence electrons. The second kappa shape index (κ2) is 8.46. The smallest absolute Gasteiger partial charge is 0.283 e. The van der Waals surface area contributed by atoms with Gasteiger partial charge in [0, 0.05) is 0 Å². The lowest BCUT2D eigenvalue weighted by Gasteiger charge is -2.07. The molecule has 1 amide bonds. The zero-order chi connectivity index (χ0) is 19.2. The first-order chi connectivity index (χ1) is 13.0. The zero-order valence-electron chi connectivity index (χ0n) is 15.1. The van der Waals surface area contributed by atoms with Crippen molar-refractivity contribution in [2.24, 2.45) is 5.10 Å². The fourth-order valence-electron chi connectivity index (χ4n) is 2.38. The minimum atomic E-state index is -0.329. The number of hydrazone groups is 1. The van der Waals surface area contributed by atoms with E-state index in [1.807, 2.05) is 36.4 Å². The number of nitrogens with two attached hydrogens (primary N) is 1. The molecule has 7 heteroatoms. The fourth-order valence-corrected chi connectivity index (χ4v) is 3.10. The first-order valence-corrected chi connectivity index (χ1v) is 9.17. The summed E-state index contributed by atoms with van der Waals surface area (Å²) in [4.78, 5) is 16.6. The van der Waals surface area contributed by atoms with Gasteiger partial charge in [-0.1, -0.05) is 53.3 Å². The topological polar surface area (TPSA) is 89.6 Å². The predicted octanol–water partition coefficient (Wildman–Crippen LogP) is 3.69. The van der Waals surface area contributed by atoms with Gasteiger partial charge in [-0.25, -0.2) is 10.4 Å². The van der Waals surface area contributed by atoms with Crippen molar-refractivity contribution in [1.29, 1.82) is 0 Å². The number of anilines is 1. The number of ether oxygens (including phenoxy) is 1. The number of aromatic nitrogens is 1. The first-order valence-electron chi connectivity index (χ1n) is 8.36. The van der Waals surface area contributed by atoms with Gasteiger partial charge in [0.25, 0.3) is 5.91 Å². The quantitative estimate of drug-likeness (QED) is 0.504. The van der Waals surface area contributed by atoms with Crippen LogP contribution in [0.25, 0.3) is 0 Å². The summed E-state index contributed by atoms with van der Waals surface area (Å²) >= 11 is 1.14. The Kier molecular flexibility index (Phi) is 5.83. The lowest BCUT2D eigenvalue weighted by molar-refractivity contribution is 0.0958. The molecular weight excluding hydrogens is 360 g/mol. The molecule has 3 rings (SSSR count). The molecule has 0 aliphatic heterocycles. The van der Waals surface area contributed by atoms with Crippen LogP contribution in [0.2, 0.25) is 0 Å². The normalized spacial score (nSPS) is 10.9. The number of rotatable bonds is 6. The summed E-state index contributed by atoms with van der Waals surface area (Å²) in [6, 6.07) is 15.7. The summed E-state index contributed by atoms with van der Waals surface area (Å²) in [6.45, 7) is 4.28. The molecule has 0 aliphatic carbocycles. The summed E-state index contributed by atoms with van der Waals surface area (Å²) in [6.07, 6.45) is 1.57. The molecule has 0 unspecified atom stereocenters. The molecule has 0 aliphatic rings. The van der Waals surface area contributed by atoms with Crippen molar-refractivity contribution in [3.63, 3.8) is 0 Å². The van der Waals surface area contributed by atoms with Crippen LogP contribution in [0.5, 0.6) is 5.75 Å². The largest absolute Gasteiger partial charge is 0.489 e. The van der Waals surface area contributed by atoms with E-state index in [1.54, 1.807) is 13.1 Å². The molecule has 0 spiro atoms. The highest BCUT2D eigenvalue weighted by atomic mass is 32.1. The van der Waals surface area contributed by atoms with Gasteiger partial charge in [-0.05, 0) is 37.1 Å². The molecule has 2 aromatic carbocycles. The van der Waals surface area contributed by atoms with Gasteiger partial charge in [0.15, 0.2) is 5.13 Å².